The number of nitrogens with one attached hydrogen (secondary N) is 1. The normalized spacial score (nSPS) is 12.1. The van der Waals surface area contributed by atoms with Crippen molar-refractivity contribution >= 4 is 11.9 Å². The van der Waals surface area contributed by atoms with Gasteiger partial charge in [0.2, 0.25) is 5.91 Å². The monoisotopic (exact) mass is 233 g/mol. The van der Waals surface area contributed by atoms with Crippen molar-refractivity contribution in [3.8, 4) is 0 Å². The molecule has 6 heteroatoms. The Morgan fingerprint density at radius 2 is 1.88 bits per heavy atom. The van der Waals surface area contributed by atoms with Crippen LogP contribution in [0, 0.1) is 0 Å². The number of hydrogen-bond donors (Lipinski definition) is 2. The third-order valence-electron chi connectivity index (χ3n) is 1.65. The molecule has 0 aliphatic heterocycles. The second-order valence-corrected chi connectivity index (χ2v) is 3.43. The maximum Gasteiger partial charge on any atom is 0.305 e. The van der Waals surface area contributed by atoms with E-state index in [1.54, 1.807) is 0 Å². The third-order valence-corrected chi connectivity index (χ3v) is 1.65. The van der Waals surface area contributed by atoms with Gasteiger partial charge < -0.3 is 19.9 Å². The molecule has 2 N–H and O–H groups in total. The largest absolute Gasteiger partial charge is 0.481 e. The highest BCUT2D eigenvalue weighted by Gasteiger charge is 2.02. The zero-order valence-electron chi connectivity index (χ0n) is 9.69. The predicted molar refractivity (Wildman–Crippen MR) is 57.2 cm³/mol. The van der Waals surface area contributed by atoms with E-state index in [-0.39, 0.29) is 25.0 Å². The lowest BCUT2D eigenvalue weighted by atomic mass is 10.3. The first kappa shape index (κ1) is 14.9. The number of ether oxygens (including phenoxy) is 2. The van der Waals surface area contributed by atoms with Gasteiger partial charge in [-0.05, 0) is 6.92 Å². The van der Waals surface area contributed by atoms with E-state index in [1.807, 2.05) is 6.92 Å². The zero-order chi connectivity index (χ0) is 12.4. The van der Waals surface area contributed by atoms with E-state index in [2.05, 4.69) is 5.32 Å². The summed E-state index contributed by atoms with van der Waals surface area (Å²) in [5.74, 6) is -0.964. The van der Waals surface area contributed by atoms with Gasteiger partial charge in [-0.2, -0.15) is 0 Å². The van der Waals surface area contributed by atoms with Crippen LogP contribution in [0.5, 0.6) is 0 Å². The van der Waals surface area contributed by atoms with Gasteiger partial charge in [-0.25, -0.2) is 0 Å². The number of amides is 1. The second-order valence-electron chi connectivity index (χ2n) is 3.43. The number of aliphatic carboxylic acids is 1. The highest BCUT2D eigenvalue weighted by atomic mass is 16.5. The second kappa shape index (κ2) is 9.11. The van der Waals surface area contributed by atoms with Gasteiger partial charge in [0, 0.05) is 13.0 Å². The summed E-state index contributed by atoms with van der Waals surface area (Å²) in [6, 6.07) is -0.0310. The van der Waals surface area contributed by atoms with E-state index in [9.17, 15) is 9.59 Å². The van der Waals surface area contributed by atoms with Gasteiger partial charge >= 0.3 is 5.97 Å². The molecule has 6 nitrogen and oxygen atoms in total. The Morgan fingerprint density at radius 1 is 1.25 bits per heavy atom. The Hall–Kier alpha value is -1.14. The Balaban J connectivity index is 3.20. The Morgan fingerprint density at radius 3 is 2.44 bits per heavy atom. The van der Waals surface area contributed by atoms with Crippen LogP contribution >= 0.6 is 0 Å². The molecule has 0 saturated carbocycles. The van der Waals surface area contributed by atoms with Crippen molar-refractivity contribution in [2.24, 2.45) is 0 Å². The summed E-state index contributed by atoms with van der Waals surface area (Å²) in [4.78, 5) is 20.8. The first-order valence-electron chi connectivity index (χ1n) is 5.16. The summed E-state index contributed by atoms with van der Waals surface area (Å²) in [6.07, 6.45) is 0.00228. The SMILES string of the molecule is CC(=O)NC(C)COCCOCCC(=O)O. The van der Waals surface area contributed by atoms with Gasteiger partial charge in [0.1, 0.15) is 0 Å². The van der Waals surface area contributed by atoms with Gasteiger partial charge in [0.25, 0.3) is 0 Å². The summed E-state index contributed by atoms with van der Waals surface area (Å²) in [5.41, 5.74) is 0. The van der Waals surface area contributed by atoms with Crippen LogP contribution in [0.4, 0.5) is 0 Å². The topological polar surface area (TPSA) is 84.9 Å². The quantitative estimate of drug-likeness (QED) is 0.548. The van der Waals surface area contributed by atoms with E-state index in [4.69, 9.17) is 14.6 Å². The van der Waals surface area contributed by atoms with Crippen molar-refractivity contribution < 1.29 is 24.2 Å². The van der Waals surface area contributed by atoms with E-state index in [0.717, 1.165) is 0 Å². The van der Waals surface area contributed by atoms with Gasteiger partial charge in [-0.15, -0.1) is 0 Å². The fourth-order valence-electron chi connectivity index (χ4n) is 1.03. The average molecular weight is 233 g/mol. The van der Waals surface area contributed by atoms with Crippen LogP contribution in [0.25, 0.3) is 0 Å². The molecule has 0 spiro atoms. The number of carboxylic acids is 1. The van der Waals surface area contributed by atoms with E-state index in [1.165, 1.54) is 6.92 Å². The molecule has 0 aliphatic rings. The first-order valence-corrected chi connectivity index (χ1v) is 5.16. The van der Waals surface area contributed by atoms with E-state index < -0.39 is 5.97 Å². The lowest BCUT2D eigenvalue weighted by molar-refractivity contribution is -0.138. The number of hydrogen-bond acceptors (Lipinski definition) is 4. The van der Waals surface area contributed by atoms with Crippen molar-refractivity contribution in [3.63, 3.8) is 0 Å². The molecule has 0 aromatic rings. The fraction of sp³-hybridized carbons (Fsp3) is 0.800. The fourth-order valence-corrected chi connectivity index (χ4v) is 1.03. The maximum atomic E-state index is 10.6. The lowest BCUT2D eigenvalue weighted by Gasteiger charge is -2.12. The Labute approximate surface area is 94.9 Å². The minimum absolute atomic E-state index is 0.00228. The van der Waals surface area contributed by atoms with Crippen molar-refractivity contribution in [2.75, 3.05) is 26.4 Å². The number of carbonyl (C=O) groups excluding carboxylic acids is 1. The van der Waals surface area contributed by atoms with Gasteiger partial charge in [0.15, 0.2) is 0 Å². The smallest absolute Gasteiger partial charge is 0.305 e. The molecule has 0 heterocycles. The number of carbonyl (C=O) groups is 2. The van der Waals surface area contributed by atoms with E-state index >= 15 is 0 Å². The number of rotatable bonds is 9. The van der Waals surface area contributed by atoms with Crippen molar-refractivity contribution in [2.45, 2.75) is 26.3 Å². The molecule has 1 atom stereocenters. The summed E-state index contributed by atoms with van der Waals surface area (Å²) < 4.78 is 10.2. The Kier molecular flexibility index (Phi) is 8.46. The minimum atomic E-state index is -0.875. The molecule has 0 bridgehead atoms. The minimum Gasteiger partial charge on any atom is -0.481 e. The summed E-state index contributed by atoms with van der Waals surface area (Å²) in [5, 5.41) is 11.0. The van der Waals surface area contributed by atoms with Crippen molar-refractivity contribution in [1.82, 2.24) is 5.32 Å². The summed E-state index contributed by atoms with van der Waals surface area (Å²) in [7, 11) is 0. The van der Waals surface area contributed by atoms with Crippen LogP contribution < -0.4 is 5.32 Å². The standard InChI is InChI=1S/C10H19NO5/c1-8(11-9(2)12)7-16-6-5-15-4-3-10(13)14/h8H,3-7H2,1-2H3,(H,11,12)(H,13,14). The molecule has 1 amide bonds. The molecule has 0 radical (unpaired) electrons. The van der Waals surface area contributed by atoms with Gasteiger partial charge in [-0.3, -0.25) is 9.59 Å². The van der Waals surface area contributed by atoms with E-state index in [0.29, 0.717) is 19.8 Å². The third kappa shape index (κ3) is 10.9. The molecule has 0 aromatic heterocycles. The van der Waals surface area contributed by atoms with Crippen LogP contribution in [0.3, 0.4) is 0 Å². The molecule has 16 heavy (non-hydrogen) atoms. The van der Waals surface area contributed by atoms with Gasteiger partial charge in [0.05, 0.1) is 32.8 Å². The molecule has 0 aromatic carbocycles. The summed E-state index contributed by atoms with van der Waals surface area (Å²) in [6.45, 7) is 4.66. The predicted octanol–water partition coefficient (Wildman–Crippen LogP) is 0.0189. The molecule has 0 fully saturated rings. The molecular weight excluding hydrogens is 214 g/mol. The van der Waals surface area contributed by atoms with Crippen LogP contribution in [0.2, 0.25) is 0 Å². The van der Waals surface area contributed by atoms with Crippen LogP contribution in [-0.4, -0.2) is 49.5 Å². The molecular formula is C10H19NO5. The Bertz CT molecular complexity index is 219. The lowest BCUT2D eigenvalue weighted by Crippen LogP contribution is -2.34. The average Bonchev–Trinajstić information content (AvgIpc) is 2.14. The highest BCUT2D eigenvalue weighted by molar-refractivity contribution is 5.73. The molecule has 0 saturated heterocycles. The van der Waals surface area contributed by atoms with Crippen LogP contribution in [-0.2, 0) is 19.1 Å². The molecule has 94 valence electrons. The van der Waals surface area contributed by atoms with Crippen LogP contribution in [0.15, 0.2) is 0 Å². The highest BCUT2D eigenvalue weighted by Crippen LogP contribution is 1.87. The first-order chi connectivity index (χ1) is 7.52. The van der Waals surface area contributed by atoms with Crippen LogP contribution in [0.1, 0.15) is 20.3 Å². The van der Waals surface area contributed by atoms with Crippen molar-refractivity contribution in [1.29, 1.82) is 0 Å². The van der Waals surface area contributed by atoms with Crippen molar-refractivity contribution in [3.05, 3.63) is 0 Å². The molecule has 0 aliphatic carbocycles. The number of carboxylic acid groups (broad SMARTS) is 1. The molecule has 0 rings (SSSR count). The molecule has 1 unspecified atom stereocenters. The maximum absolute atomic E-state index is 10.6. The van der Waals surface area contributed by atoms with Gasteiger partial charge in [-0.1, -0.05) is 0 Å². The zero-order valence-corrected chi connectivity index (χ0v) is 9.69. The summed E-state index contributed by atoms with van der Waals surface area (Å²) >= 11 is 0.